The molecule has 8 nitrogen and oxygen atoms in total. The molecule has 9 heteroatoms. The van der Waals surface area contributed by atoms with E-state index in [2.05, 4.69) is 32.1 Å². The van der Waals surface area contributed by atoms with Crippen molar-refractivity contribution in [3.05, 3.63) is 60.2 Å². The maximum absolute atomic E-state index is 12.0. The largest absolute Gasteiger partial charge is 1.00 e. The van der Waals surface area contributed by atoms with Crippen molar-refractivity contribution in [1.82, 2.24) is 0 Å². The minimum atomic E-state index is -0.309. The SMILES string of the molecule is CCN(CCOC(=O)c1ccccc1)c1ccc(N=NC2=N[N+](C)(C)C=N2)cc1.[Cl-]. The van der Waals surface area contributed by atoms with E-state index in [0.29, 0.717) is 29.3 Å². The van der Waals surface area contributed by atoms with Crippen LogP contribution in [0.25, 0.3) is 0 Å². The summed E-state index contributed by atoms with van der Waals surface area (Å²) in [6.07, 6.45) is 1.70. The van der Waals surface area contributed by atoms with E-state index >= 15 is 0 Å². The fourth-order valence-electron chi connectivity index (χ4n) is 2.73. The van der Waals surface area contributed by atoms with Crippen LogP contribution in [-0.4, -0.2) is 56.7 Å². The molecule has 1 heterocycles. The summed E-state index contributed by atoms with van der Waals surface area (Å²) < 4.78 is 5.69. The van der Waals surface area contributed by atoms with E-state index in [1.807, 2.05) is 56.6 Å². The Bertz CT molecular complexity index is 926. The van der Waals surface area contributed by atoms with Crippen molar-refractivity contribution in [2.75, 3.05) is 38.7 Å². The number of hydrogen-bond donors (Lipinski definition) is 0. The van der Waals surface area contributed by atoms with Gasteiger partial charge in [-0.05, 0) is 48.4 Å². The van der Waals surface area contributed by atoms with Crippen LogP contribution in [0.1, 0.15) is 17.3 Å². The minimum absolute atomic E-state index is 0. The predicted molar refractivity (Wildman–Crippen MR) is 114 cm³/mol. The Balaban J connectivity index is 0.00000320. The quantitative estimate of drug-likeness (QED) is 0.372. The highest BCUT2D eigenvalue weighted by molar-refractivity contribution is 5.89. The van der Waals surface area contributed by atoms with E-state index < -0.39 is 0 Å². The summed E-state index contributed by atoms with van der Waals surface area (Å²) in [7, 11) is 3.80. The highest BCUT2D eigenvalue weighted by Gasteiger charge is 2.20. The van der Waals surface area contributed by atoms with E-state index in [-0.39, 0.29) is 18.4 Å². The molecule has 0 radical (unpaired) electrons. The Morgan fingerprint density at radius 3 is 2.37 bits per heavy atom. The Hall–Kier alpha value is -3.10. The summed E-state index contributed by atoms with van der Waals surface area (Å²) in [5, 5.41) is 12.5. The Morgan fingerprint density at radius 1 is 1.07 bits per heavy atom. The Kier molecular flexibility index (Phi) is 8.20. The number of halogens is 1. The topological polar surface area (TPSA) is 79.0 Å². The van der Waals surface area contributed by atoms with Gasteiger partial charge in [-0.25, -0.2) is 4.79 Å². The fraction of sp³-hybridized carbons (Fsp3) is 0.286. The third-order valence-electron chi connectivity index (χ3n) is 4.26. The summed E-state index contributed by atoms with van der Waals surface area (Å²) in [5.41, 5.74) is 2.30. The highest BCUT2D eigenvalue weighted by atomic mass is 35.5. The summed E-state index contributed by atoms with van der Waals surface area (Å²) >= 11 is 0. The first-order valence-electron chi connectivity index (χ1n) is 9.45. The van der Waals surface area contributed by atoms with E-state index in [4.69, 9.17) is 4.74 Å². The van der Waals surface area contributed by atoms with Gasteiger partial charge in [0, 0.05) is 12.2 Å². The molecule has 0 N–H and O–H groups in total. The van der Waals surface area contributed by atoms with Crippen molar-refractivity contribution in [3.63, 3.8) is 0 Å². The molecule has 30 heavy (non-hydrogen) atoms. The first kappa shape index (κ1) is 23.2. The maximum Gasteiger partial charge on any atom is 0.338 e. The first-order valence-corrected chi connectivity index (χ1v) is 9.45. The molecule has 0 saturated carbocycles. The maximum atomic E-state index is 12.0. The molecular weight excluding hydrogens is 404 g/mol. The van der Waals surface area contributed by atoms with Gasteiger partial charge >= 0.3 is 11.9 Å². The van der Waals surface area contributed by atoms with Gasteiger partial charge in [0.1, 0.15) is 6.61 Å². The number of carbonyl (C=O) groups excluding carboxylic acids is 1. The number of nitrogens with zero attached hydrogens (tertiary/aromatic N) is 6. The molecule has 0 atom stereocenters. The van der Waals surface area contributed by atoms with Crippen LogP contribution in [0.4, 0.5) is 11.4 Å². The summed E-state index contributed by atoms with van der Waals surface area (Å²) in [6.45, 7) is 3.77. The summed E-state index contributed by atoms with van der Waals surface area (Å²) in [5.74, 6) is 0.0474. The van der Waals surface area contributed by atoms with Gasteiger partial charge in [-0.2, -0.15) is 9.58 Å². The lowest BCUT2D eigenvalue weighted by Crippen LogP contribution is -3.00. The standard InChI is InChI=1S/C21H25N6O2.ClH/c1-4-26(14-15-29-20(28)17-8-6-5-7-9-17)19-12-10-18(11-13-19)23-24-21-22-16-27(2,3)25-21;/h5-13,16H,4,14-15H2,1-3H3;1H/q+1;/p-1. The number of benzene rings is 2. The van der Waals surface area contributed by atoms with Crippen molar-refractivity contribution < 1.29 is 26.5 Å². The fourth-order valence-corrected chi connectivity index (χ4v) is 2.73. The van der Waals surface area contributed by atoms with Gasteiger partial charge in [0.2, 0.25) is 6.34 Å². The zero-order valence-electron chi connectivity index (χ0n) is 17.3. The van der Waals surface area contributed by atoms with E-state index in [1.54, 1.807) is 18.5 Å². The molecule has 0 spiro atoms. The van der Waals surface area contributed by atoms with Gasteiger partial charge in [0.15, 0.2) is 0 Å². The predicted octanol–water partition coefficient (Wildman–Crippen LogP) is 0.847. The number of esters is 1. The molecule has 3 rings (SSSR count). The molecule has 2 aromatic rings. The molecule has 0 bridgehead atoms. The van der Waals surface area contributed by atoms with Crippen LogP contribution in [0.15, 0.2) is 74.9 Å². The van der Waals surface area contributed by atoms with E-state index in [1.165, 1.54) is 0 Å². The highest BCUT2D eigenvalue weighted by Crippen LogP contribution is 2.20. The summed E-state index contributed by atoms with van der Waals surface area (Å²) in [4.78, 5) is 18.3. The Labute approximate surface area is 182 Å². The van der Waals surface area contributed by atoms with Crippen molar-refractivity contribution in [2.45, 2.75) is 6.92 Å². The number of guanidine groups is 1. The third-order valence-corrected chi connectivity index (χ3v) is 4.26. The second kappa shape index (κ2) is 10.6. The van der Waals surface area contributed by atoms with E-state index in [0.717, 1.165) is 17.9 Å². The smallest absolute Gasteiger partial charge is 0.338 e. The average Bonchev–Trinajstić information content (AvgIpc) is 3.09. The van der Waals surface area contributed by atoms with Crippen molar-refractivity contribution in [2.24, 2.45) is 20.3 Å². The molecule has 2 aromatic carbocycles. The van der Waals surface area contributed by atoms with Crippen molar-refractivity contribution in [3.8, 4) is 0 Å². The van der Waals surface area contributed by atoms with Gasteiger partial charge in [0.05, 0.1) is 31.9 Å². The Morgan fingerprint density at radius 2 is 1.77 bits per heavy atom. The van der Waals surface area contributed by atoms with Gasteiger partial charge in [-0.1, -0.05) is 18.2 Å². The van der Waals surface area contributed by atoms with Crippen LogP contribution in [0.5, 0.6) is 0 Å². The molecule has 1 aliphatic rings. The van der Waals surface area contributed by atoms with Gasteiger partial charge < -0.3 is 22.0 Å². The van der Waals surface area contributed by atoms with Crippen molar-refractivity contribution >= 4 is 29.6 Å². The number of anilines is 1. The number of likely N-dealkylation sites (N-methyl/N-ethyl adjacent to an activating group) is 1. The minimum Gasteiger partial charge on any atom is -1.00 e. The third kappa shape index (κ3) is 6.47. The molecule has 0 unspecified atom stereocenters. The molecule has 0 fully saturated rings. The normalized spacial score (nSPS) is 14.3. The number of rotatable bonds is 7. The van der Waals surface area contributed by atoms with Gasteiger partial charge in [-0.15, -0.1) is 10.2 Å². The van der Waals surface area contributed by atoms with Crippen LogP contribution >= 0.6 is 0 Å². The lowest BCUT2D eigenvalue weighted by atomic mass is 10.2. The monoisotopic (exact) mass is 428 g/mol. The van der Waals surface area contributed by atoms with Crippen LogP contribution in [-0.2, 0) is 4.74 Å². The lowest BCUT2D eigenvalue weighted by Gasteiger charge is -2.22. The number of ether oxygens (including phenoxy) is 1. The van der Waals surface area contributed by atoms with Crippen LogP contribution < -0.4 is 17.3 Å². The number of hydrogen-bond acceptors (Lipinski definition) is 7. The van der Waals surface area contributed by atoms with Crippen LogP contribution in [0.3, 0.4) is 0 Å². The van der Waals surface area contributed by atoms with Crippen molar-refractivity contribution in [1.29, 1.82) is 0 Å². The van der Waals surface area contributed by atoms with Crippen LogP contribution in [0, 0.1) is 0 Å². The molecular formula is C21H25ClN6O2. The molecule has 0 aromatic heterocycles. The number of carbonyl (C=O) groups is 1. The van der Waals surface area contributed by atoms with Gasteiger partial charge in [-0.3, -0.25) is 0 Å². The molecule has 158 valence electrons. The lowest BCUT2D eigenvalue weighted by molar-refractivity contribution is -0.796. The first-order chi connectivity index (χ1) is 14.0. The second-order valence-corrected chi connectivity index (χ2v) is 6.92. The molecule has 0 aliphatic carbocycles. The molecule has 0 amide bonds. The number of aliphatic imine (C=N–C) groups is 1. The number of quaternary nitrogens is 1. The zero-order chi connectivity index (χ0) is 20.7. The molecule has 0 saturated heterocycles. The zero-order valence-corrected chi connectivity index (χ0v) is 18.0. The van der Waals surface area contributed by atoms with Crippen LogP contribution in [0.2, 0.25) is 0 Å². The van der Waals surface area contributed by atoms with E-state index in [9.17, 15) is 4.79 Å². The average molecular weight is 429 g/mol. The van der Waals surface area contributed by atoms with Gasteiger partial charge in [0.25, 0.3) is 0 Å². The second-order valence-electron chi connectivity index (χ2n) is 6.92. The molecule has 1 aliphatic heterocycles. The number of azo groups is 1. The summed E-state index contributed by atoms with van der Waals surface area (Å²) in [6, 6.07) is 16.7.